The predicted molar refractivity (Wildman–Crippen MR) is 101 cm³/mol. The van der Waals surface area contributed by atoms with E-state index in [2.05, 4.69) is 32.4 Å². The van der Waals surface area contributed by atoms with Crippen molar-refractivity contribution in [3.05, 3.63) is 60.1 Å². The first-order chi connectivity index (χ1) is 13.1. The van der Waals surface area contributed by atoms with Gasteiger partial charge in [-0.1, -0.05) is 6.92 Å². The molecule has 138 valence electrons. The van der Waals surface area contributed by atoms with Gasteiger partial charge in [0.05, 0.1) is 23.5 Å². The number of nitrogens with zero attached hydrogens (tertiary/aromatic N) is 6. The van der Waals surface area contributed by atoms with E-state index >= 15 is 0 Å². The monoisotopic (exact) mass is 365 g/mol. The minimum atomic E-state index is -0.264. The van der Waals surface area contributed by atoms with E-state index in [4.69, 9.17) is 0 Å². The Hall–Kier alpha value is -3.29. The summed E-state index contributed by atoms with van der Waals surface area (Å²) >= 11 is 0. The molecule has 0 spiro atoms. The van der Waals surface area contributed by atoms with E-state index in [0.29, 0.717) is 6.54 Å². The molecule has 3 heterocycles. The smallest absolute Gasteiger partial charge is 0.163 e. The molecule has 0 saturated heterocycles. The van der Waals surface area contributed by atoms with Crippen molar-refractivity contribution >= 4 is 16.9 Å². The van der Waals surface area contributed by atoms with Crippen LogP contribution < -0.4 is 5.32 Å². The third-order valence-electron chi connectivity index (χ3n) is 4.30. The van der Waals surface area contributed by atoms with E-state index < -0.39 is 0 Å². The summed E-state index contributed by atoms with van der Waals surface area (Å²) in [6.45, 7) is 2.67. The summed E-state index contributed by atoms with van der Waals surface area (Å²) in [5.74, 6) is 1.31. The fourth-order valence-electron chi connectivity index (χ4n) is 2.91. The van der Waals surface area contributed by atoms with Crippen molar-refractivity contribution in [2.45, 2.75) is 26.3 Å². The Kier molecular flexibility index (Phi) is 4.53. The maximum absolute atomic E-state index is 13.1. The SMILES string of the molecule is CCCc1nc(NCc2cnn(-c3ccc(F)cc3)c2)c2cnn(C)c2n1. The molecule has 0 saturated carbocycles. The number of aromatic nitrogens is 6. The quantitative estimate of drug-likeness (QED) is 0.568. The summed E-state index contributed by atoms with van der Waals surface area (Å²) in [6.07, 6.45) is 7.26. The summed E-state index contributed by atoms with van der Waals surface area (Å²) in [6, 6.07) is 6.23. The standard InChI is InChI=1S/C19H20FN7/c1-3-4-17-24-18(16-11-22-26(2)19(16)25-17)21-9-13-10-23-27(12-13)15-7-5-14(20)6-8-15/h5-8,10-12H,3-4,9H2,1-2H3,(H,21,24,25). The zero-order chi connectivity index (χ0) is 18.8. The number of benzene rings is 1. The van der Waals surface area contributed by atoms with Crippen molar-refractivity contribution < 1.29 is 4.39 Å². The molecule has 0 aliphatic rings. The van der Waals surface area contributed by atoms with Crippen LogP contribution in [0.4, 0.5) is 10.2 Å². The molecule has 0 unspecified atom stereocenters. The highest BCUT2D eigenvalue weighted by Crippen LogP contribution is 2.21. The lowest BCUT2D eigenvalue weighted by Crippen LogP contribution is -2.06. The Morgan fingerprint density at radius 1 is 1.07 bits per heavy atom. The van der Waals surface area contributed by atoms with E-state index in [1.807, 2.05) is 13.2 Å². The molecule has 4 rings (SSSR count). The van der Waals surface area contributed by atoms with Crippen LogP contribution in [0.2, 0.25) is 0 Å². The second-order valence-electron chi connectivity index (χ2n) is 6.37. The molecule has 0 fully saturated rings. The van der Waals surface area contributed by atoms with Crippen LogP contribution in [0.5, 0.6) is 0 Å². The maximum atomic E-state index is 13.1. The van der Waals surface area contributed by atoms with Gasteiger partial charge in [-0.15, -0.1) is 0 Å². The number of aryl methyl sites for hydroxylation is 2. The maximum Gasteiger partial charge on any atom is 0.163 e. The van der Waals surface area contributed by atoms with Crippen molar-refractivity contribution in [1.29, 1.82) is 0 Å². The summed E-state index contributed by atoms with van der Waals surface area (Å²) in [4.78, 5) is 9.24. The topological polar surface area (TPSA) is 73.5 Å². The lowest BCUT2D eigenvalue weighted by molar-refractivity contribution is 0.627. The van der Waals surface area contributed by atoms with E-state index in [1.165, 1.54) is 12.1 Å². The number of nitrogens with one attached hydrogen (secondary N) is 1. The Labute approximate surface area is 155 Å². The number of hydrogen-bond donors (Lipinski definition) is 1. The van der Waals surface area contributed by atoms with E-state index in [1.54, 1.807) is 33.9 Å². The van der Waals surface area contributed by atoms with Crippen LogP contribution in [0.3, 0.4) is 0 Å². The number of hydrogen-bond acceptors (Lipinski definition) is 5. The first-order valence-corrected chi connectivity index (χ1v) is 8.86. The predicted octanol–water partition coefficient (Wildman–Crippen LogP) is 3.25. The molecular weight excluding hydrogens is 345 g/mol. The average molecular weight is 365 g/mol. The van der Waals surface area contributed by atoms with Crippen molar-refractivity contribution in [1.82, 2.24) is 29.5 Å². The second kappa shape index (κ2) is 7.14. The summed E-state index contributed by atoms with van der Waals surface area (Å²) in [5, 5.41) is 12.9. The van der Waals surface area contributed by atoms with Gasteiger partial charge in [0, 0.05) is 31.8 Å². The number of rotatable bonds is 6. The van der Waals surface area contributed by atoms with Gasteiger partial charge in [0.15, 0.2) is 5.65 Å². The van der Waals surface area contributed by atoms with E-state index in [9.17, 15) is 4.39 Å². The largest absolute Gasteiger partial charge is 0.365 e. The Balaban J connectivity index is 1.56. The zero-order valence-corrected chi connectivity index (χ0v) is 15.2. The minimum Gasteiger partial charge on any atom is -0.365 e. The molecule has 0 radical (unpaired) electrons. The molecule has 0 amide bonds. The van der Waals surface area contributed by atoms with Crippen molar-refractivity contribution in [2.75, 3.05) is 5.32 Å². The van der Waals surface area contributed by atoms with Crippen LogP contribution in [0.25, 0.3) is 16.7 Å². The molecule has 0 bridgehead atoms. The molecule has 1 aromatic carbocycles. The van der Waals surface area contributed by atoms with Gasteiger partial charge < -0.3 is 5.32 Å². The first-order valence-electron chi connectivity index (χ1n) is 8.86. The van der Waals surface area contributed by atoms with E-state index in [0.717, 1.165) is 46.8 Å². The second-order valence-corrected chi connectivity index (χ2v) is 6.37. The van der Waals surface area contributed by atoms with Gasteiger partial charge in [0.1, 0.15) is 17.5 Å². The van der Waals surface area contributed by atoms with Crippen LogP contribution in [-0.2, 0) is 20.0 Å². The normalized spacial score (nSPS) is 11.2. The lowest BCUT2D eigenvalue weighted by atomic mass is 10.3. The van der Waals surface area contributed by atoms with Gasteiger partial charge in [-0.3, -0.25) is 4.68 Å². The zero-order valence-electron chi connectivity index (χ0n) is 15.2. The third kappa shape index (κ3) is 3.51. The summed E-state index contributed by atoms with van der Waals surface area (Å²) in [5.41, 5.74) is 2.62. The van der Waals surface area contributed by atoms with Gasteiger partial charge in [-0.2, -0.15) is 10.2 Å². The Morgan fingerprint density at radius 2 is 1.89 bits per heavy atom. The van der Waals surface area contributed by atoms with Crippen molar-refractivity contribution in [2.24, 2.45) is 7.05 Å². The molecule has 0 aliphatic heterocycles. The molecule has 0 aliphatic carbocycles. The van der Waals surface area contributed by atoms with Crippen LogP contribution in [-0.4, -0.2) is 29.5 Å². The van der Waals surface area contributed by atoms with Gasteiger partial charge in [0.2, 0.25) is 0 Å². The van der Waals surface area contributed by atoms with Crippen molar-refractivity contribution in [3.8, 4) is 5.69 Å². The first kappa shape index (κ1) is 17.1. The molecule has 4 aromatic rings. The molecule has 1 N–H and O–H groups in total. The fourth-order valence-corrected chi connectivity index (χ4v) is 2.91. The Bertz CT molecular complexity index is 1070. The van der Waals surface area contributed by atoms with Crippen LogP contribution in [0.15, 0.2) is 42.9 Å². The highest BCUT2D eigenvalue weighted by atomic mass is 19.1. The molecular formula is C19H20FN7. The minimum absolute atomic E-state index is 0.264. The van der Waals surface area contributed by atoms with Crippen molar-refractivity contribution in [3.63, 3.8) is 0 Å². The number of anilines is 1. The highest BCUT2D eigenvalue weighted by molar-refractivity contribution is 5.86. The van der Waals surface area contributed by atoms with Gasteiger partial charge >= 0.3 is 0 Å². The highest BCUT2D eigenvalue weighted by Gasteiger charge is 2.11. The van der Waals surface area contributed by atoms with Gasteiger partial charge in [0.25, 0.3) is 0 Å². The molecule has 7 nitrogen and oxygen atoms in total. The number of halogens is 1. The summed E-state index contributed by atoms with van der Waals surface area (Å²) in [7, 11) is 1.88. The van der Waals surface area contributed by atoms with Crippen LogP contribution in [0.1, 0.15) is 24.7 Å². The molecule has 3 aromatic heterocycles. The van der Waals surface area contributed by atoms with Crippen LogP contribution in [0, 0.1) is 5.82 Å². The fraction of sp³-hybridized carbons (Fsp3) is 0.263. The van der Waals surface area contributed by atoms with Gasteiger partial charge in [-0.25, -0.2) is 19.0 Å². The molecule has 0 atom stereocenters. The third-order valence-corrected chi connectivity index (χ3v) is 4.30. The van der Waals surface area contributed by atoms with E-state index in [-0.39, 0.29) is 5.82 Å². The summed E-state index contributed by atoms with van der Waals surface area (Å²) < 4.78 is 16.6. The van der Waals surface area contributed by atoms with Gasteiger partial charge in [-0.05, 0) is 30.7 Å². The lowest BCUT2D eigenvalue weighted by Gasteiger charge is -2.08. The number of fused-ring (bicyclic) bond motifs is 1. The average Bonchev–Trinajstić information content (AvgIpc) is 3.28. The molecule has 27 heavy (non-hydrogen) atoms. The van der Waals surface area contributed by atoms with Crippen LogP contribution >= 0.6 is 0 Å². The molecule has 8 heteroatoms. The Morgan fingerprint density at radius 3 is 2.67 bits per heavy atom.